The Balaban J connectivity index is 2.06. The van der Waals surface area contributed by atoms with E-state index in [0.717, 1.165) is 25.7 Å². The number of nitrogens with two attached hydrogens (primary N) is 2. The van der Waals surface area contributed by atoms with Crippen molar-refractivity contribution in [2.45, 2.75) is 38.5 Å². The van der Waals surface area contributed by atoms with Gasteiger partial charge in [0, 0.05) is 6.42 Å². The minimum Gasteiger partial charge on any atom is -0.366 e. The fourth-order valence-corrected chi connectivity index (χ4v) is 3.10. The first-order valence-electron chi connectivity index (χ1n) is 7.45. The predicted octanol–water partition coefficient (Wildman–Crippen LogP) is 2.02. The molecule has 0 aromatic heterocycles. The van der Waals surface area contributed by atoms with E-state index in [1.165, 1.54) is 6.42 Å². The molecule has 2 amide bonds. The Labute approximate surface area is 125 Å². The molecular weight excluding hydrogens is 266 g/mol. The van der Waals surface area contributed by atoms with Crippen LogP contribution in [0.2, 0.25) is 0 Å². The molecule has 1 aromatic rings. The molecule has 1 aromatic carbocycles. The molecule has 5 nitrogen and oxygen atoms in total. The van der Waals surface area contributed by atoms with E-state index in [9.17, 15) is 9.59 Å². The number of anilines is 1. The molecule has 0 unspecified atom stereocenters. The van der Waals surface area contributed by atoms with E-state index < -0.39 is 5.91 Å². The van der Waals surface area contributed by atoms with Crippen molar-refractivity contribution < 1.29 is 9.59 Å². The van der Waals surface area contributed by atoms with Crippen molar-refractivity contribution >= 4 is 17.5 Å². The molecule has 5 heteroatoms. The summed E-state index contributed by atoms with van der Waals surface area (Å²) in [6.45, 7) is 0.526. The van der Waals surface area contributed by atoms with Gasteiger partial charge in [0.25, 0.3) is 5.91 Å². The van der Waals surface area contributed by atoms with E-state index in [0.29, 0.717) is 24.2 Å². The van der Waals surface area contributed by atoms with E-state index in [2.05, 4.69) is 5.32 Å². The maximum atomic E-state index is 12.3. The van der Waals surface area contributed by atoms with Crippen LogP contribution in [0.15, 0.2) is 24.3 Å². The van der Waals surface area contributed by atoms with Gasteiger partial charge >= 0.3 is 0 Å². The minimum absolute atomic E-state index is 0.0933. The topological polar surface area (TPSA) is 98.2 Å². The third-order valence-electron chi connectivity index (χ3n) is 4.35. The molecule has 1 fully saturated rings. The van der Waals surface area contributed by atoms with Gasteiger partial charge in [-0.2, -0.15) is 0 Å². The highest BCUT2D eigenvalue weighted by atomic mass is 16.2. The Bertz CT molecular complexity index is 522. The lowest BCUT2D eigenvalue weighted by atomic mass is 9.71. The number of primary amides is 1. The normalized spacial score (nSPS) is 17.2. The molecule has 21 heavy (non-hydrogen) atoms. The quantitative estimate of drug-likeness (QED) is 0.773. The Kier molecular flexibility index (Phi) is 4.96. The van der Waals surface area contributed by atoms with Crippen LogP contribution in [0.1, 0.15) is 48.9 Å². The third-order valence-corrected chi connectivity index (χ3v) is 4.35. The first kappa shape index (κ1) is 15.5. The van der Waals surface area contributed by atoms with Crippen LogP contribution < -0.4 is 16.8 Å². The van der Waals surface area contributed by atoms with E-state index in [-0.39, 0.29) is 11.3 Å². The minimum atomic E-state index is -0.544. The fourth-order valence-electron chi connectivity index (χ4n) is 3.10. The predicted molar refractivity (Wildman–Crippen MR) is 82.8 cm³/mol. The number of carbonyl (C=O) groups excluding carboxylic acids is 2. The smallest absolute Gasteiger partial charge is 0.250 e. The average Bonchev–Trinajstić information content (AvgIpc) is 2.48. The van der Waals surface area contributed by atoms with Crippen LogP contribution in [0.3, 0.4) is 0 Å². The highest BCUT2D eigenvalue weighted by Crippen LogP contribution is 2.38. The summed E-state index contributed by atoms with van der Waals surface area (Å²) in [6, 6.07) is 6.78. The van der Waals surface area contributed by atoms with Crippen molar-refractivity contribution in [3.63, 3.8) is 0 Å². The molecule has 114 valence electrons. The van der Waals surface area contributed by atoms with Crippen LogP contribution in [-0.2, 0) is 4.79 Å². The van der Waals surface area contributed by atoms with Gasteiger partial charge in [-0.15, -0.1) is 0 Å². The van der Waals surface area contributed by atoms with Crippen molar-refractivity contribution in [3.05, 3.63) is 29.8 Å². The number of rotatable bonds is 5. The van der Waals surface area contributed by atoms with Crippen LogP contribution in [0.4, 0.5) is 5.69 Å². The molecule has 0 saturated heterocycles. The molecule has 0 atom stereocenters. The van der Waals surface area contributed by atoms with E-state index in [1.807, 2.05) is 0 Å². The molecule has 0 bridgehead atoms. The first-order chi connectivity index (χ1) is 10.1. The van der Waals surface area contributed by atoms with Crippen LogP contribution in [0.25, 0.3) is 0 Å². The highest BCUT2D eigenvalue weighted by molar-refractivity contribution is 6.03. The summed E-state index contributed by atoms with van der Waals surface area (Å²) >= 11 is 0. The van der Waals surface area contributed by atoms with Gasteiger partial charge in [-0.05, 0) is 36.9 Å². The van der Waals surface area contributed by atoms with Gasteiger partial charge in [-0.25, -0.2) is 0 Å². The van der Waals surface area contributed by atoms with Gasteiger partial charge in [0.2, 0.25) is 5.91 Å². The standard InChI is InChI=1S/C16H23N3O2/c17-11-16(8-4-1-5-9-16)10-14(20)19-13-7-3-2-6-12(13)15(18)21/h2-3,6-7H,1,4-5,8-11,17H2,(H2,18,21)(H,19,20). The highest BCUT2D eigenvalue weighted by Gasteiger charge is 2.33. The SMILES string of the molecule is NCC1(CC(=O)Nc2ccccc2C(N)=O)CCCCC1. The Morgan fingerprint density at radius 2 is 1.81 bits per heavy atom. The lowest BCUT2D eigenvalue weighted by Gasteiger charge is -2.35. The van der Waals surface area contributed by atoms with Crippen LogP contribution in [0.5, 0.6) is 0 Å². The van der Waals surface area contributed by atoms with Gasteiger partial charge in [0.1, 0.15) is 0 Å². The van der Waals surface area contributed by atoms with E-state index >= 15 is 0 Å². The second-order valence-electron chi connectivity index (χ2n) is 5.90. The van der Waals surface area contributed by atoms with Crippen LogP contribution >= 0.6 is 0 Å². The van der Waals surface area contributed by atoms with Crippen molar-refractivity contribution in [2.75, 3.05) is 11.9 Å². The van der Waals surface area contributed by atoms with Gasteiger partial charge in [0.15, 0.2) is 0 Å². The number of benzene rings is 1. The average molecular weight is 289 g/mol. The number of carbonyl (C=O) groups is 2. The fraction of sp³-hybridized carbons (Fsp3) is 0.500. The summed E-state index contributed by atoms with van der Waals surface area (Å²) in [6.07, 6.45) is 5.86. The van der Waals surface area contributed by atoms with Crippen LogP contribution in [0, 0.1) is 5.41 Å². The monoisotopic (exact) mass is 289 g/mol. The Hall–Kier alpha value is -1.88. The first-order valence-corrected chi connectivity index (χ1v) is 7.45. The molecule has 1 aliphatic rings. The molecule has 5 N–H and O–H groups in total. The summed E-state index contributed by atoms with van der Waals surface area (Å²) < 4.78 is 0. The largest absolute Gasteiger partial charge is 0.366 e. The molecule has 0 heterocycles. The zero-order valence-corrected chi connectivity index (χ0v) is 12.2. The second kappa shape index (κ2) is 6.72. The van der Waals surface area contributed by atoms with Gasteiger partial charge in [-0.1, -0.05) is 31.4 Å². The zero-order valence-electron chi connectivity index (χ0n) is 12.2. The summed E-state index contributed by atoms with van der Waals surface area (Å²) in [5.74, 6) is -0.645. The summed E-state index contributed by atoms with van der Waals surface area (Å²) in [7, 11) is 0. The van der Waals surface area contributed by atoms with Crippen LogP contribution in [-0.4, -0.2) is 18.4 Å². The zero-order chi connectivity index (χ0) is 15.3. The number of hydrogen-bond acceptors (Lipinski definition) is 3. The lowest BCUT2D eigenvalue weighted by Crippen LogP contribution is -2.36. The third kappa shape index (κ3) is 3.82. The second-order valence-corrected chi connectivity index (χ2v) is 5.90. The van der Waals surface area contributed by atoms with Crippen molar-refractivity contribution in [3.8, 4) is 0 Å². The molecule has 0 radical (unpaired) electrons. The Morgan fingerprint density at radius 3 is 2.43 bits per heavy atom. The number of amides is 2. The van der Waals surface area contributed by atoms with Gasteiger partial charge < -0.3 is 16.8 Å². The molecular formula is C16H23N3O2. The molecule has 1 aliphatic carbocycles. The van der Waals surface area contributed by atoms with Gasteiger partial charge in [0.05, 0.1) is 11.3 Å². The summed E-state index contributed by atoms with van der Waals surface area (Å²) in [4.78, 5) is 23.7. The lowest BCUT2D eigenvalue weighted by molar-refractivity contribution is -0.118. The maximum Gasteiger partial charge on any atom is 0.250 e. The maximum absolute atomic E-state index is 12.3. The van der Waals surface area contributed by atoms with Crippen molar-refractivity contribution in [2.24, 2.45) is 16.9 Å². The Morgan fingerprint density at radius 1 is 1.14 bits per heavy atom. The molecule has 1 saturated carbocycles. The summed E-state index contributed by atoms with van der Waals surface area (Å²) in [5.41, 5.74) is 11.9. The van der Waals surface area contributed by atoms with Crippen molar-refractivity contribution in [1.29, 1.82) is 0 Å². The number of hydrogen-bond donors (Lipinski definition) is 3. The van der Waals surface area contributed by atoms with Gasteiger partial charge in [-0.3, -0.25) is 9.59 Å². The van der Waals surface area contributed by atoms with E-state index in [4.69, 9.17) is 11.5 Å². The van der Waals surface area contributed by atoms with E-state index in [1.54, 1.807) is 24.3 Å². The van der Waals surface area contributed by atoms with Crippen molar-refractivity contribution in [1.82, 2.24) is 0 Å². The molecule has 2 rings (SSSR count). The number of nitrogens with one attached hydrogen (secondary N) is 1. The summed E-state index contributed by atoms with van der Waals surface area (Å²) in [5, 5.41) is 2.80. The molecule has 0 spiro atoms. The number of para-hydroxylation sites is 1. The molecule has 0 aliphatic heterocycles.